The molecule has 0 amide bonds. The van der Waals surface area contributed by atoms with Gasteiger partial charge >= 0.3 is 0 Å². The number of carbonyl (C=O) groups excluding carboxylic acids is 1. The molecule has 0 spiro atoms. The standard InChI is InChI=1S/C20H24N2O2.ClH/c1-3-24-20-10-9-15(14(2)23)12-16(20)13-22-11-5-6-17-18(21)7-4-8-19(17)22;/h4,7-10,12H,3,5-6,11,13,21H2,1-2H3;1H. The van der Waals surface area contributed by atoms with Crippen molar-refractivity contribution >= 4 is 29.6 Å². The van der Waals surface area contributed by atoms with Crippen LogP contribution in [0.5, 0.6) is 5.75 Å². The van der Waals surface area contributed by atoms with E-state index in [0.717, 1.165) is 42.0 Å². The maximum absolute atomic E-state index is 11.7. The lowest BCUT2D eigenvalue weighted by atomic mass is 9.98. The number of fused-ring (bicyclic) bond motifs is 1. The van der Waals surface area contributed by atoms with Crippen molar-refractivity contribution in [2.24, 2.45) is 0 Å². The Bertz CT molecular complexity index is 761. The summed E-state index contributed by atoms with van der Waals surface area (Å²) in [7, 11) is 0. The zero-order valence-corrected chi connectivity index (χ0v) is 15.6. The molecule has 3 rings (SSSR count). The fourth-order valence-corrected chi connectivity index (χ4v) is 3.32. The second kappa shape index (κ2) is 8.26. The van der Waals surface area contributed by atoms with E-state index in [0.29, 0.717) is 13.2 Å². The van der Waals surface area contributed by atoms with Gasteiger partial charge in [-0.1, -0.05) is 6.07 Å². The second-order valence-corrected chi connectivity index (χ2v) is 6.18. The van der Waals surface area contributed by atoms with Gasteiger partial charge in [0.25, 0.3) is 0 Å². The van der Waals surface area contributed by atoms with Crippen LogP contribution in [0, 0.1) is 0 Å². The number of nitrogen functional groups attached to an aromatic ring is 1. The number of halogens is 1. The molecule has 134 valence electrons. The number of ether oxygens (including phenoxy) is 1. The highest BCUT2D eigenvalue weighted by Gasteiger charge is 2.20. The quantitative estimate of drug-likeness (QED) is 0.640. The number of ketones is 1. The minimum absolute atomic E-state index is 0. The number of nitrogens with two attached hydrogens (primary N) is 1. The Kier molecular flexibility index (Phi) is 6.32. The third-order valence-corrected chi connectivity index (χ3v) is 4.51. The molecule has 2 N–H and O–H groups in total. The first kappa shape index (κ1) is 19.1. The number of Topliss-reactive ketones (excluding diaryl/α,β-unsaturated/α-hetero) is 1. The molecule has 0 fully saturated rings. The van der Waals surface area contributed by atoms with Crippen LogP contribution in [0.1, 0.15) is 41.8 Å². The predicted octanol–water partition coefficient (Wildman–Crippen LogP) is 4.24. The zero-order chi connectivity index (χ0) is 17.1. The van der Waals surface area contributed by atoms with Crippen molar-refractivity contribution in [3.05, 3.63) is 53.1 Å². The van der Waals surface area contributed by atoms with Crippen LogP contribution < -0.4 is 15.4 Å². The molecule has 0 aromatic heterocycles. The Balaban J connectivity index is 0.00000225. The normalized spacial score (nSPS) is 13.0. The van der Waals surface area contributed by atoms with E-state index in [1.165, 1.54) is 11.3 Å². The van der Waals surface area contributed by atoms with Crippen molar-refractivity contribution in [1.82, 2.24) is 0 Å². The molecule has 25 heavy (non-hydrogen) atoms. The molecule has 1 aliphatic heterocycles. The lowest BCUT2D eigenvalue weighted by molar-refractivity contribution is 0.101. The van der Waals surface area contributed by atoms with Crippen molar-refractivity contribution in [2.75, 3.05) is 23.8 Å². The molecule has 0 aliphatic carbocycles. The molecular formula is C20H25ClN2O2. The molecule has 4 nitrogen and oxygen atoms in total. The second-order valence-electron chi connectivity index (χ2n) is 6.18. The first-order chi connectivity index (χ1) is 11.6. The average molecular weight is 361 g/mol. The molecule has 1 heterocycles. The fourth-order valence-electron chi connectivity index (χ4n) is 3.32. The molecule has 0 bridgehead atoms. The summed E-state index contributed by atoms with van der Waals surface area (Å²) in [6.45, 7) is 5.87. The topological polar surface area (TPSA) is 55.6 Å². The summed E-state index contributed by atoms with van der Waals surface area (Å²) in [4.78, 5) is 14.1. The van der Waals surface area contributed by atoms with E-state index >= 15 is 0 Å². The van der Waals surface area contributed by atoms with Crippen LogP contribution in [-0.2, 0) is 13.0 Å². The van der Waals surface area contributed by atoms with Gasteiger partial charge in [0.1, 0.15) is 5.75 Å². The molecule has 5 heteroatoms. The van der Waals surface area contributed by atoms with Gasteiger partial charge < -0.3 is 15.4 Å². The smallest absolute Gasteiger partial charge is 0.159 e. The lowest BCUT2D eigenvalue weighted by Crippen LogP contribution is -2.29. The summed E-state index contributed by atoms with van der Waals surface area (Å²) in [6, 6.07) is 11.8. The van der Waals surface area contributed by atoms with Gasteiger partial charge in [0.2, 0.25) is 0 Å². The summed E-state index contributed by atoms with van der Waals surface area (Å²) in [5.41, 5.74) is 11.2. The summed E-state index contributed by atoms with van der Waals surface area (Å²) >= 11 is 0. The third-order valence-electron chi connectivity index (χ3n) is 4.51. The van der Waals surface area contributed by atoms with Gasteiger partial charge in [-0.3, -0.25) is 4.79 Å². The van der Waals surface area contributed by atoms with E-state index in [1.807, 2.05) is 37.3 Å². The molecular weight excluding hydrogens is 336 g/mol. The van der Waals surface area contributed by atoms with Crippen LogP contribution in [0.2, 0.25) is 0 Å². The Hall–Kier alpha value is -2.20. The Labute approximate surface area is 155 Å². The lowest BCUT2D eigenvalue weighted by Gasteiger charge is -2.32. The Morgan fingerprint density at radius 1 is 1.28 bits per heavy atom. The van der Waals surface area contributed by atoms with Crippen molar-refractivity contribution in [2.45, 2.75) is 33.2 Å². The van der Waals surface area contributed by atoms with E-state index in [-0.39, 0.29) is 18.2 Å². The van der Waals surface area contributed by atoms with Gasteiger partial charge in [-0.2, -0.15) is 0 Å². The summed E-state index contributed by atoms with van der Waals surface area (Å²) in [5, 5.41) is 0. The minimum Gasteiger partial charge on any atom is -0.494 e. The van der Waals surface area contributed by atoms with Gasteiger partial charge in [0.05, 0.1) is 6.61 Å². The highest BCUT2D eigenvalue weighted by Crippen LogP contribution is 2.33. The van der Waals surface area contributed by atoms with E-state index in [9.17, 15) is 4.79 Å². The van der Waals surface area contributed by atoms with Gasteiger partial charge in [0.15, 0.2) is 5.78 Å². The Morgan fingerprint density at radius 3 is 2.80 bits per heavy atom. The Morgan fingerprint density at radius 2 is 2.08 bits per heavy atom. The summed E-state index contributed by atoms with van der Waals surface area (Å²) < 4.78 is 5.76. The van der Waals surface area contributed by atoms with Crippen LogP contribution in [-0.4, -0.2) is 18.9 Å². The van der Waals surface area contributed by atoms with Gasteiger partial charge in [-0.05, 0) is 62.6 Å². The number of hydrogen-bond acceptors (Lipinski definition) is 4. The molecule has 2 aromatic rings. The van der Waals surface area contributed by atoms with Crippen LogP contribution >= 0.6 is 12.4 Å². The van der Waals surface area contributed by atoms with Crippen molar-refractivity contribution in [3.63, 3.8) is 0 Å². The van der Waals surface area contributed by atoms with Gasteiger partial charge in [-0.15, -0.1) is 12.4 Å². The number of anilines is 2. The maximum Gasteiger partial charge on any atom is 0.159 e. The van der Waals surface area contributed by atoms with Crippen LogP contribution in [0.25, 0.3) is 0 Å². The zero-order valence-electron chi connectivity index (χ0n) is 14.7. The van der Waals surface area contributed by atoms with E-state index in [4.69, 9.17) is 10.5 Å². The SMILES string of the molecule is CCOc1ccc(C(C)=O)cc1CN1CCCc2c(N)cccc21.Cl. The van der Waals surface area contributed by atoms with Gasteiger partial charge in [0, 0.05) is 35.6 Å². The molecule has 0 radical (unpaired) electrons. The molecule has 0 saturated heterocycles. The highest BCUT2D eigenvalue weighted by atomic mass is 35.5. The monoisotopic (exact) mass is 360 g/mol. The number of rotatable bonds is 5. The van der Waals surface area contributed by atoms with E-state index in [1.54, 1.807) is 6.92 Å². The largest absolute Gasteiger partial charge is 0.494 e. The van der Waals surface area contributed by atoms with Crippen LogP contribution in [0.3, 0.4) is 0 Å². The van der Waals surface area contributed by atoms with E-state index < -0.39 is 0 Å². The highest BCUT2D eigenvalue weighted by molar-refractivity contribution is 5.94. The first-order valence-corrected chi connectivity index (χ1v) is 8.49. The number of nitrogens with zero attached hydrogens (tertiary/aromatic N) is 1. The first-order valence-electron chi connectivity index (χ1n) is 8.49. The fraction of sp³-hybridized carbons (Fsp3) is 0.350. The average Bonchev–Trinajstić information content (AvgIpc) is 2.57. The van der Waals surface area contributed by atoms with Crippen molar-refractivity contribution in [1.29, 1.82) is 0 Å². The summed E-state index contributed by atoms with van der Waals surface area (Å²) in [6.07, 6.45) is 2.10. The molecule has 0 saturated carbocycles. The van der Waals surface area contributed by atoms with E-state index in [2.05, 4.69) is 11.0 Å². The molecule has 2 aromatic carbocycles. The molecule has 0 unspecified atom stereocenters. The van der Waals surface area contributed by atoms with Gasteiger partial charge in [-0.25, -0.2) is 0 Å². The van der Waals surface area contributed by atoms with Crippen molar-refractivity contribution in [3.8, 4) is 5.75 Å². The third kappa shape index (κ3) is 4.07. The number of benzene rings is 2. The number of hydrogen-bond donors (Lipinski definition) is 1. The predicted molar refractivity (Wildman–Crippen MR) is 105 cm³/mol. The van der Waals surface area contributed by atoms with Crippen LogP contribution in [0.15, 0.2) is 36.4 Å². The van der Waals surface area contributed by atoms with Crippen molar-refractivity contribution < 1.29 is 9.53 Å². The van der Waals surface area contributed by atoms with Crippen LogP contribution in [0.4, 0.5) is 11.4 Å². The minimum atomic E-state index is 0. The maximum atomic E-state index is 11.7. The molecule has 0 atom stereocenters. The molecule has 1 aliphatic rings. The number of carbonyl (C=O) groups is 1. The summed E-state index contributed by atoms with van der Waals surface area (Å²) in [5.74, 6) is 0.918.